The second-order valence-corrected chi connectivity index (χ2v) is 5.10. The topological polar surface area (TPSA) is 59.2 Å². The molecular weight excluding hydrogens is 242 g/mol. The Kier molecular flexibility index (Phi) is 4.87. The Hall–Kier alpha value is -2.10. The normalized spacial score (nSPS) is 10.5. The quantitative estimate of drug-likeness (QED) is 0.742. The van der Waals surface area contributed by atoms with Crippen molar-refractivity contribution >= 4 is 16.7 Å². The van der Waals surface area contributed by atoms with E-state index in [0.717, 1.165) is 10.8 Å². The Bertz CT molecular complexity index is 603. The van der Waals surface area contributed by atoms with Crippen molar-refractivity contribution in [3.63, 3.8) is 0 Å². The lowest BCUT2D eigenvalue weighted by Gasteiger charge is -2.17. The first-order chi connectivity index (χ1) is 8.79. The van der Waals surface area contributed by atoms with Crippen molar-refractivity contribution in [1.82, 2.24) is 4.98 Å². The fraction of sp³-hybridized carbons (Fsp3) is 0.333. The Balaban J connectivity index is 0.000000203. The molecule has 1 heterocycles. The molecule has 2 rings (SSSR count). The van der Waals surface area contributed by atoms with E-state index in [2.05, 4.69) is 4.98 Å². The van der Waals surface area contributed by atoms with Gasteiger partial charge in [0.25, 0.3) is 5.56 Å². The van der Waals surface area contributed by atoms with Crippen molar-refractivity contribution in [3.05, 3.63) is 46.9 Å². The van der Waals surface area contributed by atoms with Gasteiger partial charge < -0.3 is 9.72 Å². The summed E-state index contributed by atoms with van der Waals surface area (Å²) in [7, 11) is 0. The number of aromatic nitrogens is 1. The van der Waals surface area contributed by atoms with Crippen LogP contribution in [0.3, 0.4) is 0 Å². The molecule has 0 bridgehead atoms. The van der Waals surface area contributed by atoms with E-state index in [1.165, 1.54) is 6.92 Å². The highest BCUT2D eigenvalue weighted by atomic mass is 16.6. The average molecular weight is 261 g/mol. The molecule has 0 saturated carbocycles. The van der Waals surface area contributed by atoms with Crippen LogP contribution in [0.5, 0.6) is 0 Å². The molecule has 19 heavy (non-hydrogen) atoms. The van der Waals surface area contributed by atoms with Crippen LogP contribution in [0.4, 0.5) is 0 Å². The number of fused-ring (bicyclic) bond motifs is 1. The summed E-state index contributed by atoms with van der Waals surface area (Å²) in [4.78, 5) is 24.0. The van der Waals surface area contributed by atoms with Gasteiger partial charge in [0.2, 0.25) is 0 Å². The molecule has 0 aliphatic rings. The fourth-order valence-corrected chi connectivity index (χ4v) is 1.57. The molecule has 0 saturated heterocycles. The molecule has 0 spiro atoms. The molecule has 1 N–H and O–H groups in total. The maximum atomic E-state index is 11.1. The number of carbonyl (C=O) groups excluding carboxylic acids is 1. The van der Waals surface area contributed by atoms with Gasteiger partial charge in [-0.15, -0.1) is 0 Å². The van der Waals surface area contributed by atoms with Crippen molar-refractivity contribution < 1.29 is 9.53 Å². The first kappa shape index (κ1) is 15.0. The summed E-state index contributed by atoms with van der Waals surface area (Å²) in [5.41, 5.74) is -0.352. The lowest BCUT2D eigenvalue weighted by atomic mass is 10.2. The third-order valence-electron chi connectivity index (χ3n) is 2.13. The number of benzene rings is 1. The van der Waals surface area contributed by atoms with Crippen molar-refractivity contribution in [3.8, 4) is 0 Å². The molecule has 0 unspecified atom stereocenters. The smallest absolute Gasteiger partial charge is 0.303 e. The largest absolute Gasteiger partial charge is 0.460 e. The van der Waals surface area contributed by atoms with Crippen LogP contribution < -0.4 is 5.56 Å². The Morgan fingerprint density at radius 2 is 1.79 bits per heavy atom. The maximum Gasteiger partial charge on any atom is 0.303 e. The Morgan fingerprint density at radius 1 is 1.16 bits per heavy atom. The van der Waals surface area contributed by atoms with Crippen LogP contribution in [0.2, 0.25) is 0 Å². The van der Waals surface area contributed by atoms with Crippen LogP contribution in [0.15, 0.2) is 41.3 Å². The van der Waals surface area contributed by atoms with Crippen LogP contribution in [-0.4, -0.2) is 16.6 Å². The minimum absolute atomic E-state index is 0.0249. The summed E-state index contributed by atoms with van der Waals surface area (Å²) >= 11 is 0. The van der Waals surface area contributed by atoms with Crippen molar-refractivity contribution in [1.29, 1.82) is 0 Å². The van der Waals surface area contributed by atoms with Gasteiger partial charge in [0.15, 0.2) is 0 Å². The molecule has 0 amide bonds. The number of carbonyl (C=O) groups is 1. The summed E-state index contributed by atoms with van der Waals surface area (Å²) in [6.07, 6.45) is 1.66. The Labute approximate surface area is 112 Å². The van der Waals surface area contributed by atoms with Gasteiger partial charge in [0.05, 0.1) is 0 Å². The highest BCUT2D eigenvalue weighted by Gasteiger charge is 2.11. The summed E-state index contributed by atoms with van der Waals surface area (Å²) < 4.78 is 4.80. The third kappa shape index (κ3) is 5.38. The maximum absolute atomic E-state index is 11.1. The second kappa shape index (κ2) is 6.18. The molecule has 102 valence electrons. The van der Waals surface area contributed by atoms with Gasteiger partial charge in [-0.1, -0.05) is 18.2 Å². The van der Waals surface area contributed by atoms with Gasteiger partial charge in [0, 0.05) is 18.5 Å². The van der Waals surface area contributed by atoms with E-state index >= 15 is 0 Å². The van der Waals surface area contributed by atoms with Gasteiger partial charge in [-0.25, -0.2) is 0 Å². The number of H-pyrrole nitrogens is 1. The fourth-order valence-electron chi connectivity index (χ4n) is 1.57. The lowest BCUT2D eigenvalue weighted by Crippen LogP contribution is -2.21. The number of ether oxygens (including phenoxy) is 1. The van der Waals surface area contributed by atoms with Crippen LogP contribution in [0.25, 0.3) is 10.8 Å². The van der Waals surface area contributed by atoms with E-state index in [1.54, 1.807) is 6.20 Å². The number of hydrogen-bond acceptors (Lipinski definition) is 3. The highest BCUT2D eigenvalue weighted by molar-refractivity contribution is 5.80. The lowest BCUT2D eigenvalue weighted by molar-refractivity contribution is -0.151. The molecule has 4 nitrogen and oxygen atoms in total. The third-order valence-corrected chi connectivity index (χ3v) is 2.13. The molecule has 2 aromatic rings. The molecule has 0 aliphatic carbocycles. The van der Waals surface area contributed by atoms with E-state index < -0.39 is 0 Å². The van der Waals surface area contributed by atoms with Gasteiger partial charge in [-0.3, -0.25) is 9.59 Å². The monoisotopic (exact) mass is 261 g/mol. The van der Waals surface area contributed by atoms with Gasteiger partial charge >= 0.3 is 5.97 Å². The molecule has 0 fully saturated rings. The number of nitrogens with one attached hydrogen (secondary N) is 1. The first-order valence-electron chi connectivity index (χ1n) is 6.05. The predicted molar refractivity (Wildman–Crippen MR) is 76.1 cm³/mol. The first-order valence-corrected chi connectivity index (χ1v) is 6.05. The van der Waals surface area contributed by atoms with E-state index in [4.69, 9.17) is 4.74 Å². The zero-order valence-electron chi connectivity index (χ0n) is 11.7. The molecule has 4 heteroatoms. The van der Waals surface area contributed by atoms with Crippen LogP contribution >= 0.6 is 0 Å². The second-order valence-electron chi connectivity index (χ2n) is 5.10. The standard InChI is InChI=1S/C9H7NO.C6H12O2/c11-9-8-4-2-1-3-7(8)5-6-10-9;1-5(7)8-6(2,3)4/h1-6H,(H,10,11);1-4H3. The minimum Gasteiger partial charge on any atom is -0.460 e. The number of aromatic amines is 1. The van der Waals surface area contributed by atoms with Crippen molar-refractivity contribution in [2.75, 3.05) is 0 Å². The number of pyridine rings is 1. The molecular formula is C15H19NO3. The summed E-state index contributed by atoms with van der Waals surface area (Å²) in [5, 5.41) is 1.73. The Morgan fingerprint density at radius 3 is 2.26 bits per heavy atom. The van der Waals surface area contributed by atoms with Gasteiger partial charge in [-0.2, -0.15) is 0 Å². The summed E-state index contributed by atoms with van der Waals surface area (Å²) in [6, 6.07) is 9.40. The van der Waals surface area contributed by atoms with Gasteiger partial charge in [-0.05, 0) is 38.3 Å². The zero-order chi connectivity index (χ0) is 14.5. The zero-order valence-corrected chi connectivity index (χ0v) is 11.7. The molecule has 1 aromatic heterocycles. The van der Waals surface area contributed by atoms with E-state index in [0.29, 0.717) is 0 Å². The van der Waals surface area contributed by atoms with E-state index in [1.807, 2.05) is 51.1 Å². The van der Waals surface area contributed by atoms with Crippen LogP contribution in [0.1, 0.15) is 27.7 Å². The molecule has 1 aromatic carbocycles. The van der Waals surface area contributed by atoms with Crippen LogP contribution in [0, 0.1) is 0 Å². The number of esters is 1. The average Bonchev–Trinajstić information content (AvgIpc) is 2.27. The summed E-state index contributed by atoms with van der Waals surface area (Å²) in [6.45, 7) is 6.93. The van der Waals surface area contributed by atoms with E-state index in [-0.39, 0.29) is 17.1 Å². The summed E-state index contributed by atoms with van der Waals surface area (Å²) in [5.74, 6) is -0.225. The SMILES string of the molecule is CC(=O)OC(C)(C)C.O=c1[nH]ccc2ccccc12. The molecule has 0 atom stereocenters. The highest BCUT2D eigenvalue weighted by Crippen LogP contribution is 2.06. The molecule has 0 radical (unpaired) electrons. The van der Waals surface area contributed by atoms with Gasteiger partial charge in [0.1, 0.15) is 5.60 Å². The molecule has 0 aliphatic heterocycles. The predicted octanol–water partition coefficient (Wildman–Crippen LogP) is 2.88. The van der Waals surface area contributed by atoms with E-state index in [9.17, 15) is 9.59 Å². The minimum atomic E-state index is -0.328. The number of hydrogen-bond donors (Lipinski definition) is 1. The van der Waals surface area contributed by atoms with Crippen molar-refractivity contribution in [2.45, 2.75) is 33.3 Å². The number of rotatable bonds is 0. The van der Waals surface area contributed by atoms with Crippen LogP contribution in [-0.2, 0) is 9.53 Å². The van der Waals surface area contributed by atoms with Crippen molar-refractivity contribution in [2.24, 2.45) is 0 Å².